The van der Waals surface area contributed by atoms with Crippen molar-refractivity contribution in [2.24, 2.45) is 0 Å². The number of benzene rings is 1. The standard InChI is InChI=1S/C17H14FN5O/c1-11-20-8-12(9-21-11)17(24)23-15-6-7-19-10-16(15)22-14-4-2-13(18)3-5-14/h2-10,22H,1H3,(H,19,23,24). The minimum Gasteiger partial charge on any atom is -0.353 e. The molecule has 0 unspecified atom stereocenters. The van der Waals surface area contributed by atoms with Gasteiger partial charge in [0.1, 0.15) is 11.6 Å². The van der Waals surface area contributed by atoms with Crippen LogP contribution >= 0.6 is 0 Å². The first kappa shape index (κ1) is 15.5. The minimum atomic E-state index is -0.330. The maximum absolute atomic E-state index is 13.0. The number of carbonyl (C=O) groups is 1. The van der Waals surface area contributed by atoms with Gasteiger partial charge in [0.15, 0.2) is 0 Å². The van der Waals surface area contributed by atoms with E-state index in [2.05, 4.69) is 25.6 Å². The van der Waals surface area contributed by atoms with Crippen LogP contribution in [-0.4, -0.2) is 20.9 Å². The molecule has 0 saturated carbocycles. The molecule has 0 fully saturated rings. The molecular formula is C17H14FN5O. The highest BCUT2D eigenvalue weighted by atomic mass is 19.1. The van der Waals surface area contributed by atoms with Crippen molar-refractivity contribution < 1.29 is 9.18 Å². The van der Waals surface area contributed by atoms with Gasteiger partial charge >= 0.3 is 0 Å². The summed E-state index contributed by atoms with van der Waals surface area (Å²) in [4.78, 5) is 24.3. The Kier molecular flexibility index (Phi) is 4.42. The second-order valence-electron chi connectivity index (χ2n) is 5.03. The molecule has 2 aromatic heterocycles. The quantitative estimate of drug-likeness (QED) is 0.770. The van der Waals surface area contributed by atoms with Gasteiger partial charge in [0.25, 0.3) is 5.91 Å². The molecule has 0 aliphatic heterocycles. The predicted molar refractivity (Wildman–Crippen MR) is 88.6 cm³/mol. The first-order valence-corrected chi connectivity index (χ1v) is 7.18. The van der Waals surface area contributed by atoms with Crippen LogP contribution in [0.2, 0.25) is 0 Å². The van der Waals surface area contributed by atoms with Crippen LogP contribution < -0.4 is 10.6 Å². The maximum Gasteiger partial charge on any atom is 0.258 e. The number of nitrogens with zero attached hydrogens (tertiary/aromatic N) is 3. The molecule has 6 nitrogen and oxygen atoms in total. The van der Waals surface area contributed by atoms with Gasteiger partial charge in [-0.15, -0.1) is 0 Å². The smallest absolute Gasteiger partial charge is 0.258 e. The molecule has 7 heteroatoms. The van der Waals surface area contributed by atoms with Gasteiger partial charge in [-0.3, -0.25) is 9.78 Å². The van der Waals surface area contributed by atoms with Gasteiger partial charge in [-0.05, 0) is 37.3 Å². The van der Waals surface area contributed by atoms with Gasteiger partial charge in [0.05, 0.1) is 23.1 Å². The molecule has 0 atom stereocenters. The number of rotatable bonds is 4. The van der Waals surface area contributed by atoms with E-state index in [-0.39, 0.29) is 11.7 Å². The van der Waals surface area contributed by atoms with E-state index in [1.807, 2.05) is 0 Å². The summed E-state index contributed by atoms with van der Waals surface area (Å²) >= 11 is 0. The van der Waals surface area contributed by atoms with Crippen LogP contribution in [0.3, 0.4) is 0 Å². The highest BCUT2D eigenvalue weighted by Gasteiger charge is 2.10. The first-order valence-electron chi connectivity index (χ1n) is 7.18. The minimum absolute atomic E-state index is 0.320. The summed E-state index contributed by atoms with van der Waals surface area (Å²) in [6.07, 6.45) is 6.07. The molecular weight excluding hydrogens is 309 g/mol. The molecule has 3 rings (SSSR count). The van der Waals surface area contributed by atoms with Gasteiger partial charge in [-0.2, -0.15) is 0 Å². The lowest BCUT2D eigenvalue weighted by molar-refractivity contribution is 0.102. The fraction of sp³-hybridized carbons (Fsp3) is 0.0588. The molecule has 0 aliphatic rings. The number of nitrogens with one attached hydrogen (secondary N) is 2. The highest BCUT2D eigenvalue weighted by Crippen LogP contribution is 2.24. The lowest BCUT2D eigenvalue weighted by atomic mass is 10.2. The van der Waals surface area contributed by atoms with Gasteiger partial charge in [-0.1, -0.05) is 0 Å². The molecule has 0 saturated heterocycles. The van der Waals surface area contributed by atoms with Crippen molar-refractivity contribution in [2.45, 2.75) is 6.92 Å². The first-order chi connectivity index (χ1) is 11.6. The van der Waals surface area contributed by atoms with Crippen molar-refractivity contribution in [3.8, 4) is 0 Å². The Hall–Kier alpha value is -3.35. The van der Waals surface area contributed by atoms with E-state index < -0.39 is 0 Å². The van der Waals surface area contributed by atoms with Gasteiger partial charge < -0.3 is 10.6 Å². The van der Waals surface area contributed by atoms with E-state index in [9.17, 15) is 9.18 Å². The number of anilines is 3. The summed E-state index contributed by atoms with van der Waals surface area (Å²) < 4.78 is 13.0. The van der Waals surface area contributed by atoms with Crippen molar-refractivity contribution in [1.29, 1.82) is 0 Å². The van der Waals surface area contributed by atoms with Crippen LogP contribution in [0, 0.1) is 12.7 Å². The predicted octanol–water partition coefficient (Wildman–Crippen LogP) is 3.32. The third-order valence-corrected chi connectivity index (χ3v) is 3.24. The topological polar surface area (TPSA) is 79.8 Å². The van der Waals surface area contributed by atoms with Gasteiger partial charge in [-0.25, -0.2) is 14.4 Å². The highest BCUT2D eigenvalue weighted by molar-refractivity contribution is 6.05. The van der Waals surface area contributed by atoms with E-state index in [1.165, 1.54) is 24.5 Å². The summed E-state index contributed by atoms with van der Waals surface area (Å²) in [7, 11) is 0. The van der Waals surface area contributed by atoms with E-state index in [4.69, 9.17) is 0 Å². The number of pyridine rings is 1. The van der Waals surface area contributed by atoms with Crippen molar-refractivity contribution in [1.82, 2.24) is 15.0 Å². The molecule has 120 valence electrons. The van der Waals surface area contributed by atoms with Crippen LogP contribution in [0.5, 0.6) is 0 Å². The molecule has 0 spiro atoms. The van der Waals surface area contributed by atoms with Crippen molar-refractivity contribution in [3.63, 3.8) is 0 Å². The lowest BCUT2D eigenvalue weighted by Crippen LogP contribution is -2.14. The Morgan fingerprint density at radius 3 is 2.42 bits per heavy atom. The number of aryl methyl sites for hydroxylation is 1. The molecule has 3 aromatic rings. The van der Waals surface area contributed by atoms with Crippen LogP contribution in [0.25, 0.3) is 0 Å². The largest absolute Gasteiger partial charge is 0.353 e. The summed E-state index contributed by atoms with van der Waals surface area (Å²) in [6.45, 7) is 1.75. The zero-order chi connectivity index (χ0) is 16.9. The number of carbonyl (C=O) groups excluding carboxylic acids is 1. The molecule has 0 radical (unpaired) electrons. The average Bonchev–Trinajstić information content (AvgIpc) is 2.59. The van der Waals surface area contributed by atoms with Crippen LogP contribution in [0.1, 0.15) is 16.2 Å². The number of hydrogen-bond acceptors (Lipinski definition) is 5. The summed E-state index contributed by atoms with van der Waals surface area (Å²) in [5.41, 5.74) is 2.16. The monoisotopic (exact) mass is 323 g/mol. The summed E-state index contributed by atoms with van der Waals surface area (Å²) in [5, 5.41) is 5.87. The Morgan fingerprint density at radius 2 is 1.71 bits per heavy atom. The van der Waals surface area contributed by atoms with E-state index in [0.29, 0.717) is 28.5 Å². The molecule has 24 heavy (non-hydrogen) atoms. The third kappa shape index (κ3) is 3.70. The Balaban J connectivity index is 1.79. The van der Waals surface area contributed by atoms with Crippen molar-refractivity contribution in [2.75, 3.05) is 10.6 Å². The zero-order valence-corrected chi connectivity index (χ0v) is 12.8. The number of aromatic nitrogens is 3. The summed E-state index contributed by atoms with van der Waals surface area (Å²) in [5.74, 6) is -0.0582. The molecule has 0 aliphatic carbocycles. The van der Waals surface area contributed by atoms with Gasteiger partial charge in [0, 0.05) is 24.3 Å². The maximum atomic E-state index is 13.0. The van der Waals surface area contributed by atoms with E-state index >= 15 is 0 Å². The average molecular weight is 323 g/mol. The Morgan fingerprint density at radius 1 is 1.00 bits per heavy atom. The Labute approximate surface area is 137 Å². The second kappa shape index (κ2) is 6.82. The zero-order valence-electron chi connectivity index (χ0n) is 12.8. The molecule has 1 amide bonds. The molecule has 1 aromatic carbocycles. The Bertz CT molecular complexity index is 850. The van der Waals surface area contributed by atoms with Crippen molar-refractivity contribution >= 4 is 23.0 Å². The number of amides is 1. The lowest BCUT2D eigenvalue weighted by Gasteiger charge is -2.12. The second-order valence-corrected chi connectivity index (χ2v) is 5.03. The fourth-order valence-electron chi connectivity index (χ4n) is 2.00. The van der Waals surface area contributed by atoms with Crippen molar-refractivity contribution in [3.05, 3.63) is 72.3 Å². The van der Waals surface area contributed by atoms with E-state index in [1.54, 1.807) is 37.5 Å². The van der Waals surface area contributed by atoms with Gasteiger partial charge in [0.2, 0.25) is 0 Å². The summed E-state index contributed by atoms with van der Waals surface area (Å²) in [6, 6.07) is 7.56. The fourth-order valence-corrected chi connectivity index (χ4v) is 2.00. The van der Waals surface area contributed by atoms with Crippen LogP contribution in [0.4, 0.5) is 21.5 Å². The molecule has 0 bridgehead atoms. The SMILES string of the molecule is Cc1ncc(C(=O)Nc2ccncc2Nc2ccc(F)cc2)cn1. The normalized spacial score (nSPS) is 10.2. The third-order valence-electron chi connectivity index (χ3n) is 3.24. The van der Waals surface area contributed by atoms with Crippen LogP contribution in [0.15, 0.2) is 55.1 Å². The van der Waals surface area contributed by atoms with E-state index in [0.717, 1.165) is 0 Å². The number of hydrogen-bond donors (Lipinski definition) is 2. The van der Waals surface area contributed by atoms with Crippen LogP contribution in [-0.2, 0) is 0 Å². The number of halogens is 1. The molecule has 2 heterocycles. The molecule has 2 N–H and O–H groups in total.